The lowest BCUT2D eigenvalue weighted by molar-refractivity contribution is -0.140. The lowest BCUT2D eigenvalue weighted by Crippen LogP contribution is -2.39. The minimum absolute atomic E-state index is 0.0538. The minimum Gasteiger partial charge on any atom is -0.504 e. The molecule has 3 aromatic rings. The molecule has 0 spiro atoms. The predicted molar refractivity (Wildman–Crippen MR) is 171 cm³/mol. The van der Waals surface area contributed by atoms with E-state index >= 15 is 0 Å². The van der Waals surface area contributed by atoms with E-state index in [1.165, 1.54) is 23.3 Å². The number of allylic oxidation sites excluding steroid dienone is 1. The molecular weight excluding hydrogens is 683 g/mol. The summed E-state index contributed by atoms with van der Waals surface area (Å²) >= 11 is 3.49. The Hall–Kier alpha value is -3.10. The monoisotopic (exact) mass is 716 g/mol. The second kappa shape index (κ2) is 13.7. The van der Waals surface area contributed by atoms with Crippen molar-refractivity contribution in [2.75, 3.05) is 20.3 Å². The van der Waals surface area contributed by atoms with Crippen LogP contribution in [-0.4, -0.2) is 68.6 Å². The number of imide groups is 1. The number of benzene rings is 1. The number of phenols is 1. The number of pyridine rings is 1. The fourth-order valence-corrected chi connectivity index (χ4v) is 7.51. The normalized spacial score (nSPS) is 21.4. The van der Waals surface area contributed by atoms with Gasteiger partial charge in [-0.1, -0.05) is 12.1 Å². The fraction of sp³-hybridized carbons (Fsp3) is 0.344. The average Bonchev–Trinajstić information content (AvgIpc) is 3.62. The number of hydrogen-bond acceptors (Lipinski definition) is 9. The van der Waals surface area contributed by atoms with Crippen LogP contribution in [0.4, 0.5) is 0 Å². The van der Waals surface area contributed by atoms with E-state index in [0.29, 0.717) is 32.6 Å². The molecule has 9 nitrogen and oxygen atoms in total. The van der Waals surface area contributed by atoms with Gasteiger partial charge in [-0.25, -0.2) is 0 Å². The summed E-state index contributed by atoms with van der Waals surface area (Å²) in [4.78, 5) is 33.5. The van der Waals surface area contributed by atoms with Crippen molar-refractivity contribution in [2.45, 2.75) is 31.9 Å². The van der Waals surface area contributed by atoms with Crippen molar-refractivity contribution in [1.29, 1.82) is 0 Å². The number of carbonyl (C=O) groups excluding carboxylic acids is 2. The van der Waals surface area contributed by atoms with Gasteiger partial charge in [-0.2, -0.15) is 0 Å². The molecule has 1 aliphatic heterocycles. The number of aromatic nitrogens is 1. The molecule has 1 fully saturated rings. The third-order valence-corrected chi connectivity index (χ3v) is 9.89. The van der Waals surface area contributed by atoms with Crippen LogP contribution < -0.4 is 4.74 Å². The fourth-order valence-electron chi connectivity index (χ4n) is 6.19. The van der Waals surface area contributed by atoms with Gasteiger partial charge in [0.15, 0.2) is 11.5 Å². The highest BCUT2D eigenvalue weighted by Gasteiger charge is 2.54. The lowest BCUT2D eigenvalue weighted by atomic mass is 9.68. The summed E-state index contributed by atoms with van der Waals surface area (Å²) in [6, 6.07) is 12.8. The van der Waals surface area contributed by atoms with Crippen molar-refractivity contribution in [3.63, 3.8) is 0 Å². The van der Waals surface area contributed by atoms with Crippen LogP contribution in [0.5, 0.6) is 11.5 Å². The topological polar surface area (TPSA) is 140 Å². The van der Waals surface area contributed by atoms with Gasteiger partial charge in [-0.3, -0.25) is 19.5 Å². The third-order valence-electron chi connectivity index (χ3n) is 8.21. The SMILES string of the molecule is COc1cc(/C=C(/CC[C@@H](O)C2=C(CO)C[C@H]3C(=O)N(Cc4cccs4)C(=O)[C@H]3[C@H]2CO)c2ccccn2)cc(I)c1O. The molecular formula is C32H33IN2O7S. The highest BCUT2D eigenvalue weighted by Crippen LogP contribution is 2.46. The van der Waals surface area contributed by atoms with Gasteiger partial charge in [0, 0.05) is 17.0 Å². The maximum atomic E-state index is 13.6. The number of nitrogens with zero attached hydrogens (tertiary/aromatic N) is 2. The Bertz CT molecular complexity index is 1540. The lowest BCUT2D eigenvalue weighted by Gasteiger charge is -2.36. The number of rotatable bonds is 11. The summed E-state index contributed by atoms with van der Waals surface area (Å²) in [6.07, 6.45) is 3.29. The number of aliphatic hydroxyl groups excluding tert-OH is 3. The predicted octanol–water partition coefficient (Wildman–Crippen LogP) is 4.25. The highest BCUT2D eigenvalue weighted by atomic mass is 127. The Morgan fingerprint density at radius 1 is 1.21 bits per heavy atom. The quantitative estimate of drug-likeness (QED) is 0.131. The number of phenolic OH excluding ortho intramolecular Hbond substituents is 1. The van der Waals surface area contributed by atoms with Gasteiger partial charge in [0.25, 0.3) is 0 Å². The van der Waals surface area contributed by atoms with Gasteiger partial charge in [0.1, 0.15) is 0 Å². The summed E-state index contributed by atoms with van der Waals surface area (Å²) in [7, 11) is 1.48. The number of carbonyl (C=O) groups is 2. The van der Waals surface area contributed by atoms with Crippen LogP contribution in [0.15, 0.2) is 65.2 Å². The van der Waals surface area contributed by atoms with Gasteiger partial charge in [0.05, 0.1) is 54.1 Å². The van der Waals surface area contributed by atoms with E-state index in [0.717, 1.165) is 16.0 Å². The molecule has 1 aliphatic carbocycles. The summed E-state index contributed by atoms with van der Waals surface area (Å²) in [5.41, 5.74) is 3.23. The first-order valence-electron chi connectivity index (χ1n) is 13.9. The van der Waals surface area contributed by atoms with Gasteiger partial charge >= 0.3 is 0 Å². The van der Waals surface area contributed by atoms with Crippen LogP contribution in [0, 0.1) is 21.3 Å². The smallest absolute Gasteiger partial charge is 0.234 e. The molecule has 11 heteroatoms. The molecule has 0 unspecified atom stereocenters. The van der Waals surface area contributed by atoms with E-state index in [1.54, 1.807) is 12.3 Å². The maximum absolute atomic E-state index is 13.6. The van der Waals surface area contributed by atoms with Crippen LogP contribution in [0.1, 0.15) is 35.4 Å². The van der Waals surface area contributed by atoms with Gasteiger partial charge in [0.2, 0.25) is 11.8 Å². The van der Waals surface area contributed by atoms with E-state index in [9.17, 15) is 30.0 Å². The standard InChI is InChI=1S/C32H33IN2O7S/c1-42-27-13-18(12-24(33)30(27)39)11-19(25-6-2-3-9-34-25)7-8-26(38)28-20(16-36)14-22-29(23(28)17-37)32(41)35(31(22)40)15-21-5-4-10-43-21/h2-6,9-13,22-23,26,29,36-39H,7-8,14-17H2,1H3/b19-11-/t22-,23+,26-,29-/m1/s1. The molecule has 3 heterocycles. The Morgan fingerprint density at radius 3 is 2.67 bits per heavy atom. The number of aliphatic hydroxyl groups is 3. The first-order chi connectivity index (χ1) is 20.8. The van der Waals surface area contributed by atoms with E-state index in [1.807, 2.05) is 70.4 Å². The zero-order valence-electron chi connectivity index (χ0n) is 23.5. The summed E-state index contributed by atoms with van der Waals surface area (Å²) in [5.74, 6) is -2.53. The molecule has 1 aromatic carbocycles. The van der Waals surface area contributed by atoms with Crippen molar-refractivity contribution in [2.24, 2.45) is 17.8 Å². The molecule has 4 N–H and O–H groups in total. The summed E-state index contributed by atoms with van der Waals surface area (Å²) in [5, 5.41) is 44.5. The zero-order valence-corrected chi connectivity index (χ0v) is 26.5. The number of amides is 2. The number of likely N-dealkylation sites (tertiary alicyclic amines) is 1. The number of halogens is 1. The molecule has 2 aromatic heterocycles. The van der Waals surface area contributed by atoms with Crippen molar-refractivity contribution < 1.29 is 34.8 Å². The molecule has 43 heavy (non-hydrogen) atoms. The molecule has 4 atom stereocenters. The second-order valence-electron chi connectivity index (χ2n) is 10.7. The zero-order chi connectivity index (χ0) is 30.7. The second-order valence-corrected chi connectivity index (χ2v) is 12.9. The molecule has 0 saturated carbocycles. The first kappa shape index (κ1) is 31.3. The Labute approximate surface area is 267 Å². The van der Waals surface area contributed by atoms with Gasteiger partial charge in [-0.05, 0) is 106 Å². The Kier molecular flexibility index (Phi) is 9.97. The van der Waals surface area contributed by atoms with Crippen molar-refractivity contribution in [1.82, 2.24) is 9.88 Å². The number of methoxy groups -OCH3 is 1. The van der Waals surface area contributed by atoms with Crippen molar-refractivity contribution >= 4 is 57.4 Å². The third kappa shape index (κ3) is 6.41. The number of fused-ring (bicyclic) bond motifs is 1. The van der Waals surface area contributed by atoms with Crippen LogP contribution in [0.2, 0.25) is 0 Å². The van der Waals surface area contributed by atoms with E-state index in [-0.39, 0.29) is 43.6 Å². The average molecular weight is 717 g/mol. The summed E-state index contributed by atoms with van der Waals surface area (Å²) in [6.45, 7) is -0.642. The molecule has 5 rings (SSSR count). The van der Waals surface area contributed by atoms with Gasteiger partial charge in [-0.15, -0.1) is 11.3 Å². The van der Waals surface area contributed by atoms with Gasteiger partial charge < -0.3 is 25.2 Å². The number of aromatic hydroxyl groups is 1. The molecule has 1 saturated heterocycles. The maximum Gasteiger partial charge on any atom is 0.234 e. The van der Waals surface area contributed by atoms with E-state index in [2.05, 4.69) is 4.98 Å². The number of hydrogen-bond donors (Lipinski definition) is 4. The van der Waals surface area contributed by atoms with E-state index < -0.39 is 30.5 Å². The molecule has 0 bridgehead atoms. The van der Waals surface area contributed by atoms with Crippen molar-refractivity contribution in [3.05, 3.63) is 84.9 Å². The van der Waals surface area contributed by atoms with Crippen molar-refractivity contribution in [3.8, 4) is 11.5 Å². The largest absolute Gasteiger partial charge is 0.504 e. The van der Waals surface area contributed by atoms with Crippen LogP contribution >= 0.6 is 33.9 Å². The van der Waals surface area contributed by atoms with E-state index in [4.69, 9.17) is 4.74 Å². The number of ether oxygens (including phenoxy) is 1. The summed E-state index contributed by atoms with van der Waals surface area (Å²) < 4.78 is 5.94. The molecule has 2 aliphatic rings. The minimum atomic E-state index is -1.07. The highest BCUT2D eigenvalue weighted by molar-refractivity contribution is 14.1. The van der Waals surface area contributed by atoms with Crippen LogP contribution in [0.3, 0.4) is 0 Å². The molecule has 0 radical (unpaired) electrons. The Balaban J connectivity index is 1.42. The van der Waals surface area contributed by atoms with Crippen LogP contribution in [0.25, 0.3) is 11.6 Å². The van der Waals surface area contributed by atoms with Crippen LogP contribution in [-0.2, 0) is 16.1 Å². The molecule has 226 valence electrons. The Morgan fingerprint density at radius 2 is 2.02 bits per heavy atom. The number of thiophene rings is 1. The molecule has 2 amide bonds. The first-order valence-corrected chi connectivity index (χ1v) is 15.9.